The van der Waals surface area contributed by atoms with Gasteiger partial charge in [-0.1, -0.05) is 18.2 Å². The van der Waals surface area contributed by atoms with E-state index in [1.165, 1.54) is 0 Å². The van der Waals surface area contributed by atoms with Crippen molar-refractivity contribution in [2.24, 2.45) is 7.05 Å². The van der Waals surface area contributed by atoms with Gasteiger partial charge in [0.2, 0.25) is 5.95 Å². The summed E-state index contributed by atoms with van der Waals surface area (Å²) in [5.74, 6) is 1.76. The Bertz CT molecular complexity index is 1450. The molecule has 2 aromatic carbocycles. The van der Waals surface area contributed by atoms with Crippen LogP contribution in [-0.4, -0.2) is 45.4 Å². The highest BCUT2D eigenvalue weighted by Crippen LogP contribution is 2.36. The zero-order chi connectivity index (χ0) is 22.4. The highest BCUT2D eigenvalue weighted by molar-refractivity contribution is 5.94. The number of nitrogen functional groups attached to an aromatic ring is 1. The minimum Gasteiger partial charge on any atom is -0.494 e. The number of para-hydroxylation sites is 1. The molecule has 0 saturated heterocycles. The zero-order valence-corrected chi connectivity index (χ0v) is 18.4. The third kappa shape index (κ3) is 3.15. The standard InChI is InChI=1S/C23H24N8O/c1-29(2)19-12-20(32-4)17(11-16(19)24)26-23-27-21-9-10-25-31(21)22(28-23)15-13-30(3)18-8-6-5-7-14(15)18/h5-13H,24H2,1-4H3,(H,26,27). The second-order valence-corrected chi connectivity index (χ2v) is 7.77. The second kappa shape index (κ2) is 7.45. The first kappa shape index (κ1) is 19.7. The molecule has 0 fully saturated rings. The van der Waals surface area contributed by atoms with E-state index >= 15 is 0 Å². The number of aromatic nitrogens is 5. The Morgan fingerprint density at radius 2 is 1.91 bits per heavy atom. The molecule has 3 heterocycles. The molecule has 0 unspecified atom stereocenters. The van der Waals surface area contributed by atoms with Crippen LogP contribution in [0.25, 0.3) is 27.9 Å². The van der Waals surface area contributed by atoms with Crippen LogP contribution in [0.5, 0.6) is 5.75 Å². The van der Waals surface area contributed by atoms with Gasteiger partial charge in [-0.05, 0) is 12.1 Å². The highest BCUT2D eigenvalue weighted by Gasteiger charge is 2.17. The Kier molecular flexibility index (Phi) is 4.58. The van der Waals surface area contributed by atoms with Crippen LogP contribution in [0.15, 0.2) is 54.9 Å². The smallest absolute Gasteiger partial charge is 0.231 e. The van der Waals surface area contributed by atoms with Crippen molar-refractivity contribution in [3.8, 4) is 17.1 Å². The molecular weight excluding hydrogens is 404 g/mol. The van der Waals surface area contributed by atoms with Crippen LogP contribution in [-0.2, 0) is 7.05 Å². The molecule has 0 aliphatic carbocycles. The van der Waals surface area contributed by atoms with Crippen molar-refractivity contribution in [2.45, 2.75) is 0 Å². The van der Waals surface area contributed by atoms with Gasteiger partial charge in [0.05, 0.1) is 30.4 Å². The zero-order valence-electron chi connectivity index (χ0n) is 18.4. The quantitative estimate of drug-likeness (QED) is 0.412. The first-order valence-electron chi connectivity index (χ1n) is 10.1. The maximum absolute atomic E-state index is 6.26. The lowest BCUT2D eigenvalue weighted by Gasteiger charge is -2.19. The highest BCUT2D eigenvalue weighted by atomic mass is 16.5. The summed E-state index contributed by atoms with van der Waals surface area (Å²) in [5.41, 5.74) is 11.2. The van der Waals surface area contributed by atoms with Gasteiger partial charge in [-0.25, -0.2) is 0 Å². The van der Waals surface area contributed by atoms with Gasteiger partial charge in [0, 0.05) is 55.9 Å². The van der Waals surface area contributed by atoms with E-state index in [1.54, 1.807) is 17.8 Å². The fraction of sp³-hybridized carbons (Fsp3) is 0.174. The molecule has 3 aromatic heterocycles. The average molecular weight is 429 g/mol. The minimum absolute atomic E-state index is 0.427. The van der Waals surface area contributed by atoms with Crippen LogP contribution in [0.2, 0.25) is 0 Å². The number of benzene rings is 2. The summed E-state index contributed by atoms with van der Waals surface area (Å²) in [6.07, 6.45) is 3.77. The Morgan fingerprint density at radius 1 is 1.09 bits per heavy atom. The number of rotatable bonds is 5. The molecule has 3 N–H and O–H groups in total. The number of hydrogen-bond acceptors (Lipinski definition) is 7. The van der Waals surface area contributed by atoms with Gasteiger partial charge in [-0.3, -0.25) is 0 Å². The summed E-state index contributed by atoms with van der Waals surface area (Å²) in [6.45, 7) is 0. The van der Waals surface area contributed by atoms with E-state index in [1.807, 2.05) is 56.4 Å². The van der Waals surface area contributed by atoms with E-state index in [2.05, 4.69) is 38.3 Å². The lowest BCUT2D eigenvalue weighted by atomic mass is 10.1. The molecule has 0 amide bonds. The van der Waals surface area contributed by atoms with E-state index < -0.39 is 0 Å². The summed E-state index contributed by atoms with van der Waals surface area (Å²) in [5, 5.41) is 8.82. The number of ether oxygens (including phenoxy) is 1. The summed E-state index contributed by atoms with van der Waals surface area (Å²) in [6, 6.07) is 13.8. The van der Waals surface area contributed by atoms with Gasteiger partial charge in [-0.15, -0.1) is 0 Å². The maximum atomic E-state index is 6.26. The van der Waals surface area contributed by atoms with Crippen molar-refractivity contribution in [3.63, 3.8) is 0 Å². The third-order valence-electron chi connectivity index (χ3n) is 5.47. The van der Waals surface area contributed by atoms with Crippen molar-refractivity contribution >= 4 is 39.6 Å². The molecule has 0 bridgehead atoms. The topological polar surface area (TPSA) is 98.5 Å². The van der Waals surface area contributed by atoms with Crippen LogP contribution >= 0.6 is 0 Å². The van der Waals surface area contributed by atoms with Gasteiger partial charge in [0.1, 0.15) is 5.75 Å². The molecule has 9 heteroatoms. The number of anilines is 4. The van der Waals surface area contributed by atoms with Crippen LogP contribution in [0.4, 0.5) is 23.0 Å². The summed E-state index contributed by atoms with van der Waals surface area (Å²) >= 11 is 0. The van der Waals surface area contributed by atoms with E-state index in [4.69, 9.17) is 15.5 Å². The number of methoxy groups -OCH3 is 1. The molecule has 5 aromatic rings. The predicted octanol–water partition coefficient (Wildman–Crippen LogP) is 3.68. The Morgan fingerprint density at radius 3 is 2.69 bits per heavy atom. The van der Waals surface area contributed by atoms with Crippen LogP contribution in [0.3, 0.4) is 0 Å². The van der Waals surface area contributed by atoms with Gasteiger partial charge < -0.3 is 25.3 Å². The SMILES string of the molecule is COc1cc(N(C)C)c(N)cc1Nc1nc(-c2cn(C)c3ccccc23)n2nccc2n1. The van der Waals surface area contributed by atoms with E-state index in [0.29, 0.717) is 34.5 Å². The molecule has 0 radical (unpaired) electrons. The number of nitrogens with two attached hydrogens (primary N) is 1. The first-order chi connectivity index (χ1) is 15.5. The molecular formula is C23H24N8O. The molecule has 0 atom stereocenters. The monoisotopic (exact) mass is 428 g/mol. The van der Waals surface area contributed by atoms with Crippen molar-refractivity contribution in [1.82, 2.24) is 24.1 Å². The third-order valence-corrected chi connectivity index (χ3v) is 5.47. The van der Waals surface area contributed by atoms with Gasteiger partial charge in [0.25, 0.3) is 0 Å². The van der Waals surface area contributed by atoms with Crippen molar-refractivity contribution in [1.29, 1.82) is 0 Å². The number of hydrogen-bond donors (Lipinski definition) is 2. The van der Waals surface area contributed by atoms with Gasteiger partial charge >= 0.3 is 0 Å². The first-order valence-corrected chi connectivity index (χ1v) is 10.1. The number of fused-ring (bicyclic) bond motifs is 2. The molecule has 32 heavy (non-hydrogen) atoms. The van der Waals surface area contributed by atoms with E-state index in [9.17, 15) is 0 Å². The lowest BCUT2D eigenvalue weighted by molar-refractivity contribution is 0.417. The minimum atomic E-state index is 0.427. The van der Waals surface area contributed by atoms with Crippen molar-refractivity contribution in [2.75, 3.05) is 37.2 Å². The normalized spacial score (nSPS) is 11.2. The van der Waals surface area contributed by atoms with E-state index in [-0.39, 0.29) is 0 Å². The number of nitrogens with zero attached hydrogens (tertiary/aromatic N) is 6. The van der Waals surface area contributed by atoms with Crippen LogP contribution in [0, 0.1) is 0 Å². The Balaban J connectivity index is 1.66. The van der Waals surface area contributed by atoms with Crippen molar-refractivity contribution in [3.05, 3.63) is 54.9 Å². The van der Waals surface area contributed by atoms with Crippen LogP contribution in [0.1, 0.15) is 0 Å². The Hall–Kier alpha value is -4.27. The molecule has 0 aliphatic rings. The largest absolute Gasteiger partial charge is 0.494 e. The van der Waals surface area contributed by atoms with Gasteiger partial charge in [-0.2, -0.15) is 19.6 Å². The summed E-state index contributed by atoms with van der Waals surface area (Å²) in [4.78, 5) is 11.4. The maximum Gasteiger partial charge on any atom is 0.231 e. The lowest BCUT2D eigenvalue weighted by Crippen LogP contribution is -2.12. The average Bonchev–Trinajstić information content (AvgIpc) is 3.38. The summed E-state index contributed by atoms with van der Waals surface area (Å²) < 4.78 is 9.42. The molecule has 0 spiro atoms. The predicted molar refractivity (Wildman–Crippen MR) is 128 cm³/mol. The molecule has 0 aliphatic heterocycles. The Labute approximate surface area is 185 Å². The van der Waals surface area contributed by atoms with Crippen molar-refractivity contribution < 1.29 is 4.74 Å². The second-order valence-electron chi connectivity index (χ2n) is 7.77. The molecule has 0 saturated carbocycles. The molecule has 9 nitrogen and oxygen atoms in total. The van der Waals surface area contributed by atoms with Gasteiger partial charge in [0.15, 0.2) is 11.5 Å². The fourth-order valence-corrected chi connectivity index (χ4v) is 3.94. The number of aryl methyl sites for hydroxylation is 1. The number of nitrogens with one attached hydrogen (secondary N) is 1. The van der Waals surface area contributed by atoms with E-state index in [0.717, 1.165) is 22.2 Å². The fourth-order valence-electron chi connectivity index (χ4n) is 3.94. The molecule has 162 valence electrons. The van der Waals surface area contributed by atoms with Crippen LogP contribution < -0.4 is 20.7 Å². The summed E-state index contributed by atoms with van der Waals surface area (Å²) in [7, 11) is 7.52. The molecule has 5 rings (SSSR count).